The zero-order valence-electron chi connectivity index (χ0n) is 24.8. The first kappa shape index (κ1) is 28.2. The molecule has 0 saturated heterocycles. The zero-order chi connectivity index (χ0) is 31.4. The Bertz CT molecular complexity index is 2140. The van der Waals surface area contributed by atoms with Crippen LogP contribution in [-0.2, 0) is 12.8 Å². The number of benzene rings is 4. The standard InChI is InChI=1S/C37H28N2O6/c1-3-38-33(40)27-13-8-22(17-30(27)35(38)42)15-21-5-10-25(11-6-21)29-20-26-12-7-24(19-32(26)45-37(29)44)16-23-9-14-28-31(18-23)36(43)39(4-2)34(28)41/h5-14,17-20H,3-4,15-16H2,1-2H3. The summed E-state index contributed by atoms with van der Waals surface area (Å²) in [6, 6.07) is 25.8. The fraction of sp³-hybridized carbons (Fsp3) is 0.162. The van der Waals surface area contributed by atoms with Crippen molar-refractivity contribution < 1.29 is 23.6 Å². The van der Waals surface area contributed by atoms with E-state index in [2.05, 4.69) is 0 Å². The molecule has 8 nitrogen and oxygen atoms in total. The highest BCUT2D eigenvalue weighted by molar-refractivity contribution is 6.22. The Hall–Kier alpha value is -5.63. The smallest absolute Gasteiger partial charge is 0.344 e. The summed E-state index contributed by atoms with van der Waals surface area (Å²) in [7, 11) is 0. The van der Waals surface area contributed by atoms with E-state index in [4.69, 9.17) is 4.42 Å². The van der Waals surface area contributed by atoms with Crippen LogP contribution in [0.4, 0.5) is 0 Å². The molecular formula is C37H28N2O6. The van der Waals surface area contributed by atoms with Gasteiger partial charge in [-0.2, -0.15) is 0 Å². The van der Waals surface area contributed by atoms with Gasteiger partial charge in [0.05, 0.1) is 27.8 Å². The van der Waals surface area contributed by atoms with Crippen LogP contribution in [0.15, 0.2) is 94.1 Å². The molecule has 0 unspecified atom stereocenters. The Kier molecular flexibility index (Phi) is 6.77. The second-order valence-electron chi connectivity index (χ2n) is 11.3. The minimum Gasteiger partial charge on any atom is -0.422 e. The SMILES string of the molecule is CCN1C(=O)c2ccc(Cc3ccc(-c4cc5ccc(Cc6ccc7c(c6)C(=O)N(CC)C7=O)cc5oc4=O)cc3)cc2C1=O. The minimum absolute atomic E-state index is 0.252. The van der Waals surface area contributed by atoms with Crippen LogP contribution in [0.25, 0.3) is 22.1 Å². The van der Waals surface area contributed by atoms with Gasteiger partial charge in [0, 0.05) is 18.5 Å². The topological polar surface area (TPSA) is 105 Å². The molecule has 7 rings (SSSR count). The fourth-order valence-electron chi connectivity index (χ4n) is 6.21. The molecule has 0 radical (unpaired) electrons. The fourth-order valence-corrected chi connectivity index (χ4v) is 6.21. The molecule has 4 amide bonds. The van der Waals surface area contributed by atoms with Crippen molar-refractivity contribution in [1.82, 2.24) is 9.80 Å². The summed E-state index contributed by atoms with van der Waals surface area (Å²) in [6.45, 7) is 4.23. The molecule has 0 aliphatic carbocycles. The lowest BCUT2D eigenvalue weighted by molar-refractivity contribution is 0.0647. The summed E-state index contributed by atoms with van der Waals surface area (Å²) >= 11 is 0. The molecule has 5 aromatic rings. The third-order valence-electron chi connectivity index (χ3n) is 8.58. The van der Waals surface area contributed by atoms with E-state index in [0.29, 0.717) is 59.3 Å². The maximum Gasteiger partial charge on any atom is 0.344 e. The van der Waals surface area contributed by atoms with Crippen LogP contribution in [-0.4, -0.2) is 46.5 Å². The van der Waals surface area contributed by atoms with Gasteiger partial charge in [0.15, 0.2) is 0 Å². The number of amides is 4. The molecule has 1 aromatic heterocycles. The second-order valence-corrected chi connectivity index (χ2v) is 11.3. The molecule has 2 aliphatic heterocycles. The number of fused-ring (bicyclic) bond motifs is 3. The summed E-state index contributed by atoms with van der Waals surface area (Å²) in [5.41, 5.74) is 6.64. The summed E-state index contributed by atoms with van der Waals surface area (Å²) in [5.74, 6) is -1.05. The summed E-state index contributed by atoms with van der Waals surface area (Å²) in [5, 5.41) is 0.782. The van der Waals surface area contributed by atoms with Gasteiger partial charge in [0.1, 0.15) is 5.58 Å². The van der Waals surface area contributed by atoms with Gasteiger partial charge >= 0.3 is 5.63 Å². The van der Waals surface area contributed by atoms with Crippen molar-refractivity contribution in [2.75, 3.05) is 13.1 Å². The monoisotopic (exact) mass is 596 g/mol. The zero-order valence-corrected chi connectivity index (χ0v) is 24.8. The van der Waals surface area contributed by atoms with Gasteiger partial charge in [0.25, 0.3) is 23.6 Å². The van der Waals surface area contributed by atoms with E-state index in [0.717, 1.165) is 33.2 Å². The van der Waals surface area contributed by atoms with E-state index < -0.39 is 5.63 Å². The predicted octanol–water partition coefficient (Wildman–Crippen LogP) is 5.87. The third kappa shape index (κ3) is 4.75. The van der Waals surface area contributed by atoms with Gasteiger partial charge in [0.2, 0.25) is 0 Å². The molecule has 8 heteroatoms. The lowest BCUT2D eigenvalue weighted by Gasteiger charge is -2.09. The quantitative estimate of drug-likeness (QED) is 0.172. The van der Waals surface area contributed by atoms with Crippen molar-refractivity contribution in [2.24, 2.45) is 0 Å². The van der Waals surface area contributed by atoms with Crippen LogP contribution in [0.3, 0.4) is 0 Å². The Morgan fingerprint density at radius 1 is 0.489 bits per heavy atom. The van der Waals surface area contributed by atoms with E-state index in [9.17, 15) is 24.0 Å². The van der Waals surface area contributed by atoms with Gasteiger partial charge < -0.3 is 4.42 Å². The number of carbonyl (C=O) groups excluding carboxylic acids is 4. The van der Waals surface area contributed by atoms with E-state index in [1.165, 1.54) is 9.80 Å². The van der Waals surface area contributed by atoms with Crippen molar-refractivity contribution in [2.45, 2.75) is 26.7 Å². The highest BCUT2D eigenvalue weighted by Crippen LogP contribution is 2.28. The summed E-state index contributed by atoms with van der Waals surface area (Å²) in [4.78, 5) is 65.6. The number of carbonyl (C=O) groups is 4. The van der Waals surface area contributed by atoms with Gasteiger partial charge in [-0.1, -0.05) is 48.5 Å². The average Bonchev–Trinajstić information content (AvgIpc) is 3.43. The highest BCUT2D eigenvalue weighted by atomic mass is 16.4. The first-order valence-electron chi connectivity index (χ1n) is 14.9. The van der Waals surface area contributed by atoms with Gasteiger partial charge in [-0.25, -0.2) is 4.79 Å². The Balaban J connectivity index is 1.09. The normalized spacial score (nSPS) is 14.1. The predicted molar refractivity (Wildman–Crippen MR) is 168 cm³/mol. The Labute approximate surface area is 258 Å². The van der Waals surface area contributed by atoms with E-state index in [1.807, 2.05) is 60.7 Å². The lowest BCUT2D eigenvalue weighted by Crippen LogP contribution is -2.29. The van der Waals surface area contributed by atoms with Crippen molar-refractivity contribution >= 4 is 34.6 Å². The van der Waals surface area contributed by atoms with Crippen LogP contribution in [0.1, 0.15) is 77.5 Å². The molecule has 0 atom stereocenters. The number of nitrogens with zero attached hydrogens (tertiary/aromatic N) is 2. The van der Waals surface area contributed by atoms with Crippen LogP contribution in [0, 0.1) is 0 Å². The first-order valence-corrected chi connectivity index (χ1v) is 14.9. The number of hydrogen-bond donors (Lipinski definition) is 0. The maximum absolute atomic E-state index is 13.0. The molecule has 0 N–H and O–H groups in total. The van der Waals surface area contributed by atoms with Crippen LogP contribution in [0.2, 0.25) is 0 Å². The van der Waals surface area contributed by atoms with Crippen molar-refractivity contribution in [3.63, 3.8) is 0 Å². The Morgan fingerprint density at radius 2 is 0.956 bits per heavy atom. The molecule has 0 bridgehead atoms. The lowest BCUT2D eigenvalue weighted by atomic mass is 9.97. The summed E-state index contributed by atoms with van der Waals surface area (Å²) < 4.78 is 5.74. The first-order chi connectivity index (χ1) is 21.7. The molecule has 0 saturated carbocycles. The van der Waals surface area contributed by atoms with E-state index in [-0.39, 0.29) is 23.6 Å². The van der Waals surface area contributed by atoms with E-state index >= 15 is 0 Å². The number of hydrogen-bond acceptors (Lipinski definition) is 6. The third-order valence-corrected chi connectivity index (χ3v) is 8.58. The number of imide groups is 2. The van der Waals surface area contributed by atoms with Crippen molar-refractivity contribution in [3.05, 3.63) is 140 Å². The van der Waals surface area contributed by atoms with Gasteiger partial charge in [-0.05, 0) is 90.9 Å². The molecule has 3 heterocycles. The van der Waals surface area contributed by atoms with Crippen molar-refractivity contribution in [3.8, 4) is 11.1 Å². The molecule has 4 aromatic carbocycles. The van der Waals surface area contributed by atoms with Crippen LogP contribution in [0.5, 0.6) is 0 Å². The largest absolute Gasteiger partial charge is 0.422 e. The van der Waals surface area contributed by atoms with Crippen molar-refractivity contribution in [1.29, 1.82) is 0 Å². The Morgan fingerprint density at radius 3 is 1.51 bits per heavy atom. The molecule has 222 valence electrons. The molecule has 0 fully saturated rings. The van der Waals surface area contributed by atoms with Gasteiger partial charge in [-0.3, -0.25) is 29.0 Å². The molecule has 2 aliphatic rings. The number of rotatable bonds is 7. The van der Waals surface area contributed by atoms with E-state index in [1.54, 1.807) is 38.1 Å². The van der Waals surface area contributed by atoms with Gasteiger partial charge in [-0.15, -0.1) is 0 Å². The highest BCUT2D eigenvalue weighted by Gasteiger charge is 2.35. The summed E-state index contributed by atoms with van der Waals surface area (Å²) in [6.07, 6.45) is 1.08. The van der Waals surface area contributed by atoms with Crippen LogP contribution >= 0.6 is 0 Å². The molecule has 45 heavy (non-hydrogen) atoms. The second kappa shape index (κ2) is 10.8. The maximum atomic E-state index is 13.0. The molecular weight excluding hydrogens is 568 g/mol. The minimum atomic E-state index is -0.448. The molecule has 0 spiro atoms. The van der Waals surface area contributed by atoms with Crippen LogP contribution < -0.4 is 5.63 Å². The average molecular weight is 597 g/mol.